The first-order valence-corrected chi connectivity index (χ1v) is 7.69. The van der Waals surface area contributed by atoms with Gasteiger partial charge in [0.2, 0.25) is 0 Å². The zero-order valence-corrected chi connectivity index (χ0v) is 12.6. The van der Waals surface area contributed by atoms with E-state index >= 15 is 0 Å². The second kappa shape index (κ2) is 6.72. The maximum Gasteiger partial charge on any atom is 0.130 e. The summed E-state index contributed by atoms with van der Waals surface area (Å²) >= 11 is 0. The molecule has 1 aliphatic rings. The Morgan fingerprint density at radius 3 is 2.71 bits per heavy atom. The van der Waals surface area contributed by atoms with Crippen LogP contribution in [0.5, 0.6) is 5.75 Å². The van der Waals surface area contributed by atoms with E-state index in [9.17, 15) is 0 Å². The highest BCUT2D eigenvalue weighted by atomic mass is 16.5. The Balaban J connectivity index is 1.66. The number of ether oxygens (including phenoxy) is 1. The number of hydrogen-bond donors (Lipinski definition) is 1. The summed E-state index contributed by atoms with van der Waals surface area (Å²) in [4.78, 5) is 4.58. The van der Waals surface area contributed by atoms with E-state index in [0.29, 0.717) is 6.61 Å². The molecule has 0 atom stereocenters. The molecule has 2 aromatic rings. The Morgan fingerprint density at radius 1 is 1.05 bits per heavy atom. The minimum atomic E-state index is 0.524. The quantitative estimate of drug-likeness (QED) is 0.914. The van der Waals surface area contributed by atoms with Crippen LogP contribution in [0.1, 0.15) is 35.4 Å². The van der Waals surface area contributed by atoms with Crippen molar-refractivity contribution in [1.82, 2.24) is 10.3 Å². The van der Waals surface area contributed by atoms with Gasteiger partial charge in [-0.25, -0.2) is 0 Å². The molecule has 1 aliphatic carbocycles. The number of nitrogens with one attached hydrogen (secondary N) is 1. The van der Waals surface area contributed by atoms with Gasteiger partial charge in [0.1, 0.15) is 12.4 Å². The standard InChI is InChI=1S/C18H22N2O/c1-19-12-16-7-4-8-17(20-16)13-21-18-10-9-14-5-2-3-6-15(14)11-18/h4,7-11,19H,2-3,5-6,12-13H2,1H3. The third-order valence-electron chi connectivity index (χ3n) is 3.93. The largest absolute Gasteiger partial charge is 0.487 e. The summed E-state index contributed by atoms with van der Waals surface area (Å²) in [6.07, 6.45) is 5.01. The van der Waals surface area contributed by atoms with Crippen molar-refractivity contribution < 1.29 is 4.74 Å². The van der Waals surface area contributed by atoms with E-state index < -0.39 is 0 Å². The number of aromatic nitrogens is 1. The van der Waals surface area contributed by atoms with Crippen LogP contribution >= 0.6 is 0 Å². The van der Waals surface area contributed by atoms with Gasteiger partial charge in [0.05, 0.1) is 11.4 Å². The van der Waals surface area contributed by atoms with Crippen molar-refractivity contribution in [3.05, 3.63) is 58.9 Å². The smallest absolute Gasteiger partial charge is 0.130 e. The second-order valence-electron chi connectivity index (χ2n) is 5.58. The van der Waals surface area contributed by atoms with Crippen molar-refractivity contribution in [2.75, 3.05) is 7.05 Å². The second-order valence-corrected chi connectivity index (χ2v) is 5.58. The van der Waals surface area contributed by atoms with Crippen LogP contribution in [-0.4, -0.2) is 12.0 Å². The lowest BCUT2D eigenvalue weighted by Gasteiger charge is -2.16. The normalized spacial score (nSPS) is 13.8. The molecule has 3 heteroatoms. The van der Waals surface area contributed by atoms with E-state index in [2.05, 4.69) is 28.5 Å². The van der Waals surface area contributed by atoms with Gasteiger partial charge in [0.15, 0.2) is 0 Å². The van der Waals surface area contributed by atoms with E-state index in [1.165, 1.54) is 36.8 Å². The van der Waals surface area contributed by atoms with Crippen molar-refractivity contribution in [2.24, 2.45) is 0 Å². The molecule has 0 amide bonds. The first kappa shape index (κ1) is 14.1. The zero-order valence-electron chi connectivity index (χ0n) is 12.6. The fraction of sp³-hybridized carbons (Fsp3) is 0.389. The summed E-state index contributed by atoms with van der Waals surface area (Å²) in [5.74, 6) is 0.955. The molecule has 0 bridgehead atoms. The molecule has 1 aromatic heterocycles. The number of aryl methyl sites for hydroxylation is 2. The summed E-state index contributed by atoms with van der Waals surface area (Å²) in [5.41, 5.74) is 4.96. The summed E-state index contributed by atoms with van der Waals surface area (Å²) in [5, 5.41) is 3.12. The predicted octanol–water partition coefficient (Wildman–Crippen LogP) is 3.26. The Kier molecular flexibility index (Phi) is 4.51. The molecule has 21 heavy (non-hydrogen) atoms. The van der Waals surface area contributed by atoms with E-state index in [-0.39, 0.29) is 0 Å². The molecule has 1 heterocycles. The Morgan fingerprint density at radius 2 is 1.86 bits per heavy atom. The van der Waals surface area contributed by atoms with E-state index in [1.807, 2.05) is 25.2 Å². The lowest BCUT2D eigenvalue weighted by atomic mass is 9.92. The third-order valence-corrected chi connectivity index (χ3v) is 3.93. The monoisotopic (exact) mass is 282 g/mol. The third kappa shape index (κ3) is 3.61. The van der Waals surface area contributed by atoms with Crippen LogP contribution in [0.3, 0.4) is 0 Å². The van der Waals surface area contributed by atoms with Crippen LogP contribution in [0.15, 0.2) is 36.4 Å². The molecular formula is C18H22N2O. The zero-order chi connectivity index (χ0) is 14.5. The summed E-state index contributed by atoms with van der Waals surface area (Å²) < 4.78 is 5.91. The Bertz CT molecular complexity index is 610. The predicted molar refractivity (Wildman–Crippen MR) is 84.4 cm³/mol. The molecule has 0 unspecified atom stereocenters. The fourth-order valence-corrected chi connectivity index (χ4v) is 2.85. The van der Waals surface area contributed by atoms with Gasteiger partial charge in [-0.1, -0.05) is 12.1 Å². The number of benzene rings is 1. The van der Waals surface area contributed by atoms with Crippen molar-refractivity contribution >= 4 is 0 Å². The van der Waals surface area contributed by atoms with Crippen LogP contribution in [0.4, 0.5) is 0 Å². The lowest BCUT2D eigenvalue weighted by molar-refractivity contribution is 0.300. The molecule has 0 saturated carbocycles. The minimum Gasteiger partial charge on any atom is -0.487 e. The van der Waals surface area contributed by atoms with E-state index in [4.69, 9.17) is 4.74 Å². The first-order chi connectivity index (χ1) is 10.3. The molecular weight excluding hydrogens is 260 g/mol. The highest BCUT2D eigenvalue weighted by molar-refractivity contribution is 5.37. The highest BCUT2D eigenvalue weighted by Crippen LogP contribution is 2.25. The average molecular weight is 282 g/mol. The van der Waals surface area contributed by atoms with Crippen LogP contribution < -0.4 is 10.1 Å². The molecule has 0 fully saturated rings. The van der Waals surface area contributed by atoms with Gasteiger partial charge in [-0.2, -0.15) is 0 Å². The van der Waals surface area contributed by atoms with Crippen LogP contribution in [-0.2, 0) is 26.0 Å². The Labute approximate surface area is 126 Å². The van der Waals surface area contributed by atoms with Gasteiger partial charge in [-0.15, -0.1) is 0 Å². The van der Waals surface area contributed by atoms with Crippen LogP contribution in [0.2, 0.25) is 0 Å². The summed E-state index contributed by atoms with van der Waals surface area (Å²) in [6, 6.07) is 12.6. The summed E-state index contributed by atoms with van der Waals surface area (Å²) in [6.45, 7) is 1.31. The highest BCUT2D eigenvalue weighted by Gasteiger charge is 2.10. The summed E-state index contributed by atoms with van der Waals surface area (Å²) in [7, 11) is 1.93. The number of nitrogens with zero attached hydrogens (tertiary/aromatic N) is 1. The molecule has 3 nitrogen and oxygen atoms in total. The maximum atomic E-state index is 5.91. The Hall–Kier alpha value is -1.87. The van der Waals surface area contributed by atoms with Gasteiger partial charge in [-0.05, 0) is 68.1 Å². The molecule has 0 aliphatic heterocycles. The number of hydrogen-bond acceptors (Lipinski definition) is 3. The molecule has 1 aromatic carbocycles. The van der Waals surface area contributed by atoms with Gasteiger partial charge in [0, 0.05) is 6.54 Å². The molecule has 0 radical (unpaired) electrons. The molecule has 1 N–H and O–H groups in total. The molecule has 0 spiro atoms. The molecule has 0 saturated heterocycles. The van der Waals surface area contributed by atoms with Crippen LogP contribution in [0, 0.1) is 0 Å². The number of pyridine rings is 1. The van der Waals surface area contributed by atoms with Crippen molar-refractivity contribution in [2.45, 2.75) is 38.8 Å². The van der Waals surface area contributed by atoms with Gasteiger partial charge in [-0.3, -0.25) is 4.98 Å². The van der Waals surface area contributed by atoms with Gasteiger partial charge >= 0.3 is 0 Å². The lowest BCUT2D eigenvalue weighted by Crippen LogP contribution is -2.09. The average Bonchev–Trinajstić information content (AvgIpc) is 2.53. The van der Waals surface area contributed by atoms with Crippen molar-refractivity contribution in [3.8, 4) is 5.75 Å². The molecule has 3 rings (SSSR count). The minimum absolute atomic E-state index is 0.524. The maximum absolute atomic E-state index is 5.91. The van der Waals surface area contributed by atoms with Gasteiger partial charge in [0.25, 0.3) is 0 Å². The topological polar surface area (TPSA) is 34.1 Å². The van der Waals surface area contributed by atoms with E-state index in [0.717, 1.165) is 23.7 Å². The first-order valence-electron chi connectivity index (χ1n) is 7.69. The van der Waals surface area contributed by atoms with Gasteiger partial charge < -0.3 is 10.1 Å². The van der Waals surface area contributed by atoms with E-state index in [1.54, 1.807) is 0 Å². The molecule has 110 valence electrons. The van der Waals surface area contributed by atoms with Crippen molar-refractivity contribution in [1.29, 1.82) is 0 Å². The SMILES string of the molecule is CNCc1cccc(COc2ccc3c(c2)CCCC3)n1. The number of fused-ring (bicyclic) bond motifs is 1. The fourth-order valence-electron chi connectivity index (χ4n) is 2.85. The van der Waals surface area contributed by atoms with Crippen molar-refractivity contribution in [3.63, 3.8) is 0 Å². The van der Waals surface area contributed by atoms with Crippen LogP contribution in [0.25, 0.3) is 0 Å². The number of rotatable bonds is 5.